The van der Waals surface area contributed by atoms with Crippen LogP contribution in [0.2, 0.25) is 0 Å². The Balaban J connectivity index is 2.11. The Bertz CT molecular complexity index is 645. The number of aryl methyl sites for hydroxylation is 2. The molecule has 0 bridgehead atoms. The first kappa shape index (κ1) is 13.8. The van der Waals surface area contributed by atoms with Crippen molar-refractivity contribution in [3.05, 3.63) is 47.3 Å². The summed E-state index contributed by atoms with van der Waals surface area (Å²) in [6.07, 6.45) is 3.47. The maximum absolute atomic E-state index is 8.85. The summed E-state index contributed by atoms with van der Waals surface area (Å²) in [7, 11) is 1.66. The molecule has 0 radical (unpaired) electrons. The Kier molecular flexibility index (Phi) is 4.16. The predicted octanol–water partition coefficient (Wildman–Crippen LogP) is 2.62. The van der Waals surface area contributed by atoms with Crippen molar-refractivity contribution < 1.29 is 0 Å². The smallest absolute Gasteiger partial charge is 0.185 e. The van der Waals surface area contributed by atoms with Gasteiger partial charge in [0.1, 0.15) is 18.0 Å². The number of nitriles is 1. The molecule has 1 aromatic carbocycles. The van der Waals surface area contributed by atoms with E-state index in [0.717, 1.165) is 0 Å². The monoisotopic (exact) mass is 267 g/mol. The molecular weight excluding hydrogens is 250 g/mol. The van der Waals surface area contributed by atoms with Crippen LogP contribution in [0, 0.1) is 25.3 Å². The summed E-state index contributed by atoms with van der Waals surface area (Å²) in [5.74, 6) is 1.28. The molecular formula is C15H17N5. The van der Waals surface area contributed by atoms with Crippen molar-refractivity contribution in [2.24, 2.45) is 0 Å². The van der Waals surface area contributed by atoms with Crippen molar-refractivity contribution in [3.8, 4) is 6.19 Å². The van der Waals surface area contributed by atoms with Gasteiger partial charge < -0.3 is 5.32 Å². The Hall–Kier alpha value is -2.61. The molecule has 5 heteroatoms. The molecule has 0 saturated heterocycles. The molecule has 0 aliphatic carbocycles. The maximum atomic E-state index is 8.85. The lowest BCUT2D eigenvalue weighted by atomic mass is 10.1. The van der Waals surface area contributed by atoms with E-state index in [9.17, 15) is 0 Å². The molecule has 0 amide bonds. The van der Waals surface area contributed by atoms with Gasteiger partial charge in [-0.3, -0.25) is 4.90 Å². The zero-order valence-electron chi connectivity index (χ0n) is 11.9. The van der Waals surface area contributed by atoms with Crippen LogP contribution in [-0.2, 0) is 6.54 Å². The molecule has 2 rings (SSSR count). The van der Waals surface area contributed by atoms with Gasteiger partial charge in [0, 0.05) is 19.7 Å². The van der Waals surface area contributed by atoms with Gasteiger partial charge in [0.05, 0.1) is 0 Å². The van der Waals surface area contributed by atoms with Crippen LogP contribution in [0.3, 0.4) is 0 Å². The SMILES string of the molecule is Cc1ccc(C)c(CNc2cc(N(C)C#N)ncn2)c1. The van der Waals surface area contributed by atoms with Crippen LogP contribution in [0.25, 0.3) is 0 Å². The predicted molar refractivity (Wildman–Crippen MR) is 79.3 cm³/mol. The minimum Gasteiger partial charge on any atom is -0.366 e. The van der Waals surface area contributed by atoms with Crippen LogP contribution in [0.1, 0.15) is 16.7 Å². The van der Waals surface area contributed by atoms with E-state index in [4.69, 9.17) is 5.26 Å². The molecule has 20 heavy (non-hydrogen) atoms. The number of benzene rings is 1. The highest BCUT2D eigenvalue weighted by Crippen LogP contribution is 2.15. The van der Waals surface area contributed by atoms with Crippen molar-refractivity contribution in [2.75, 3.05) is 17.3 Å². The highest BCUT2D eigenvalue weighted by atomic mass is 15.2. The molecule has 102 valence electrons. The molecule has 0 saturated carbocycles. The van der Waals surface area contributed by atoms with Crippen molar-refractivity contribution >= 4 is 11.6 Å². The normalized spacial score (nSPS) is 9.90. The number of hydrogen-bond acceptors (Lipinski definition) is 5. The molecule has 0 spiro atoms. The first-order valence-corrected chi connectivity index (χ1v) is 6.35. The lowest BCUT2D eigenvalue weighted by molar-refractivity contribution is 1.04. The van der Waals surface area contributed by atoms with Gasteiger partial charge >= 0.3 is 0 Å². The van der Waals surface area contributed by atoms with Crippen LogP contribution in [-0.4, -0.2) is 17.0 Å². The second-order valence-corrected chi connectivity index (χ2v) is 4.70. The van der Waals surface area contributed by atoms with Gasteiger partial charge in [0.2, 0.25) is 0 Å². The zero-order valence-corrected chi connectivity index (χ0v) is 11.9. The van der Waals surface area contributed by atoms with E-state index in [1.54, 1.807) is 13.1 Å². The fourth-order valence-corrected chi connectivity index (χ4v) is 1.85. The molecule has 0 atom stereocenters. The quantitative estimate of drug-likeness (QED) is 0.681. The third-order valence-corrected chi connectivity index (χ3v) is 3.11. The van der Waals surface area contributed by atoms with Gasteiger partial charge in [0.25, 0.3) is 0 Å². The molecule has 0 fully saturated rings. The fraction of sp³-hybridized carbons (Fsp3) is 0.267. The average molecular weight is 267 g/mol. The average Bonchev–Trinajstić information content (AvgIpc) is 2.47. The fourth-order valence-electron chi connectivity index (χ4n) is 1.85. The zero-order chi connectivity index (χ0) is 14.5. The Morgan fingerprint density at radius 3 is 2.80 bits per heavy atom. The molecule has 5 nitrogen and oxygen atoms in total. The summed E-state index contributed by atoms with van der Waals surface area (Å²) in [6.45, 7) is 4.86. The first-order chi connectivity index (χ1) is 9.60. The van der Waals surface area contributed by atoms with E-state index < -0.39 is 0 Å². The topological polar surface area (TPSA) is 64.8 Å². The number of rotatable bonds is 4. The highest BCUT2D eigenvalue weighted by Gasteiger charge is 2.04. The van der Waals surface area contributed by atoms with E-state index >= 15 is 0 Å². The van der Waals surface area contributed by atoms with E-state index in [1.807, 2.05) is 6.19 Å². The summed E-state index contributed by atoms with van der Waals surface area (Å²) in [6, 6.07) is 8.13. The van der Waals surface area contributed by atoms with Gasteiger partial charge in [-0.25, -0.2) is 9.97 Å². The summed E-state index contributed by atoms with van der Waals surface area (Å²) >= 11 is 0. The van der Waals surface area contributed by atoms with Gasteiger partial charge in [-0.15, -0.1) is 0 Å². The molecule has 1 N–H and O–H groups in total. The summed E-state index contributed by atoms with van der Waals surface area (Å²) in [4.78, 5) is 9.61. The van der Waals surface area contributed by atoms with Gasteiger partial charge in [-0.05, 0) is 25.0 Å². The van der Waals surface area contributed by atoms with E-state index in [2.05, 4.69) is 47.3 Å². The number of hydrogen-bond donors (Lipinski definition) is 1. The summed E-state index contributed by atoms with van der Waals surface area (Å²) < 4.78 is 0. The molecule has 2 aromatic rings. The van der Waals surface area contributed by atoms with Crippen molar-refractivity contribution in [1.29, 1.82) is 5.26 Å². The van der Waals surface area contributed by atoms with Crippen LogP contribution in [0.15, 0.2) is 30.6 Å². The Morgan fingerprint density at radius 2 is 2.05 bits per heavy atom. The number of anilines is 2. The standard InChI is InChI=1S/C15H17N5/c1-11-4-5-12(2)13(6-11)8-17-14-7-15(19-10-18-14)20(3)9-16/h4-7,10H,8H2,1-3H3,(H,17,18,19). The van der Waals surface area contributed by atoms with Crippen LogP contribution >= 0.6 is 0 Å². The van der Waals surface area contributed by atoms with Crippen molar-refractivity contribution in [3.63, 3.8) is 0 Å². The second kappa shape index (κ2) is 6.02. The van der Waals surface area contributed by atoms with Crippen LogP contribution in [0.4, 0.5) is 11.6 Å². The summed E-state index contributed by atoms with van der Waals surface area (Å²) in [5.41, 5.74) is 3.71. The maximum Gasteiger partial charge on any atom is 0.185 e. The van der Waals surface area contributed by atoms with Crippen LogP contribution < -0.4 is 10.2 Å². The third-order valence-electron chi connectivity index (χ3n) is 3.11. The molecule has 1 aromatic heterocycles. The molecule has 0 unspecified atom stereocenters. The summed E-state index contributed by atoms with van der Waals surface area (Å²) in [5, 5.41) is 12.1. The van der Waals surface area contributed by atoms with E-state index in [0.29, 0.717) is 18.2 Å². The first-order valence-electron chi connectivity index (χ1n) is 6.35. The van der Waals surface area contributed by atoms with Crippen LogP contribution in [0.5, 0.6) is 0 Å². The Labute approximate surface area is 118 Å². The molecule has 0 aliphatic heterocycles. The third kappa shape index (κ3) is 3.23. The van der Waals surface area contributed by atoms with Crippen molar-refractivity contribution in [1.82, 2.24) is 9.97 Å². The minimum atomic E-state index is 0.575. The lowest BCUT2D eigenvalue weighted by Gasteiger charge is -2.11. The van der Waals surface area contributed by atoms with Crippen molar-refractivity contribution in [2.45, 2.75) is 20.4 Å². The number of nitrogens with zero attached hydrogens (tertiary/aromatic N) is 4. The largest absolute Gasteiger partial charge is 0.366 e. The molecule has 1 heterocycles. The van der Waals surface area contributed by atoms with E-state index in [-0.39, 0.29) is 0 Å². The Morgan fingerprint density at radius 1 is 1.25 bits per heavy atom. The minimum absolute atomic E-state index is 0.575. The molecule has 0 aliphatic rings. The van der Waals surface area contributed by atoms with E-state index in [1.165, 1.54) is 27.9 Å². The van der Waals surface area contributed by atoms with Gasteiger partial charge in [0.15, 0.2) is 6.19 Å². The second-order valence-electron chi connectivity index (χ2n) is 4.70. The lowest BCUT2D eigenvalue weighted by Crippen LogP contribution is -2.11. The highest BCUT2D eigenvalue weighted by molar-refractivity contribution is 5.50. The number of aromatic nitrogens is 2. The van der Waals surface area contributed by atoms with Gasteiger partial charge in [-0.1, -0.05) is 23.8 Å². The van der Waals surface area contributed by atoms with Gasteiger partial charge in [-0.2, -0.15) is 5.26 Å². The number of nitrogens with one attached hydrogen (secondary N) is 1.